The predicted octanol–water partition coefficient (Wildman–Crippen LogP) is 5.29. The summed E-state index contributed by atoms with van der Waals surface area (Å²) >= 11 is 0. The molecule has 5 unspecified atom stereocenters. The Hall–Kier alpha value is -3.58. The third-order valence-corrected chi connectivity index (χ3v) is 7.13. The number of carbonyl (C=O) groups excluding carboxylic acids is 2. The van der Waals surface area contributed by atoms with E-state index in [0.717, 1.165) is 24.2 Å². The molecule has 1 aromatic rings. The maximum Gasteiger partial charge on any atom is 0.308 e. The fraction of sp³-hybridized carbons (Fsp3) is 0.613. The zero-order valence-corrected chi connectivity index (χ0v) is 24.5. The van der Waals surface area contributed by atoms with Gasteiger partial charge in [0.25, 0.3) is 5.09 Å². The molecule has 1 aromatic carbocycles. The van der Waals surface area contributed by atoms with Gasteiger partial charge in [0.2, 0.25) is 6.79 Å². The highest BCUT2D eigenvalue weighted by atomic mass is 16.9. The summed E-state index contributed by atoms with van der Waals surface area (Å²) in [5.74, 6) is 6.33. The molecule has 0 saturated heterocycles. The Bertz CT molecular complexity index is 1090. The lowest BCUT2D eigenvalue weighted by Crippen LogP contribution is -2.17. The second kappa shape index (κ2) is 18.0. The molecule has 2 aliphatic rings. The van der Waals surface area contributed by atoms with E-state index in [4.69, 9.17) is 14.2 Å². The standard InChI is InChI=1S/C29H37NO9.C2H6/c1-3-4-8-20(2)24(31)16-14-21-15-17-25-28(21)23-11-5-9-22(29(23)39-25)10-6-12-26(32)36-19-37-27(33)13-7-18-38-30(34)35;1-2/h5,9,11,14,16,20-21,24-25,28,31H,6-8,10,12-13,15,17-19H2,1-2H3;1-2H3/b16-14+;. The second-order valence-corrected chi connectivity index (χ2v) is 9.91. The lowest BCUT2D eigenvalue weighted by Gasteiger charge is -2.17. The first-order chi connectivity index (χ1) is 19.8. The number of rotatable bonds is 15. The molecule has 0 bridgehead atoms. The molecule has 226 valence electrons. The summed E-state index contributed by atoms with van der Waals surface area (Å²) in [6.45, 7) is 7.11. The van der Waals surface area contributed by atoms with Crippen LogP contribution < -0.4 is 4.74 Å². The molecule has 0 aromatic heterocycles. The van der Waals surface area contributed by atoms with Crippen LogP contribution in [0.15, 0.2) is 30.4 Å². The smallest absolute Gasteiger partial charge is 0.308 e. The topological polar surface area (TPSA) is 134 Å². The maximum absolute atomic E-state index is 12.0. The first-order valence-corrected chi connectivity index (χ1v) is 14.4. The van der Waals surface area contributed by atoms with E-state index >= 15 is 0 Å². The van der Waals surface area contributed by atoms with E-state index in [0.29, 0.717) is 25.2 Å². The van der Waals surface area contributed by atoms with Crippen molar-refractivity contribution in [3.05, 3.63) is 51.6 Å². The van der Waals surface area contributed by atoms with E-state index in [1.807, 2.05) is 39.0 Å². The summed E-state index contributed by atoms with van der Waals surface area (Å²) in [4.78, 5) is 37.8. The molecular formula is C31H43NO9. The molecular weight excluding hydrogens is 530 g/mol. The number of fused-ring (bicyclic) bond motifs is 3. The zero-order chi connectivity index (χ0) is 30.2. The van der Waals surface area contributed by atoms with Crippen molar-refractivity contribution >= 4 is 11.9 Å². The summed E-state index contributed by atoms with van der Waals surface area (Å²) in [6, 6.07) is 6.15. The minimum absolute atomic E-state index is 0.0724. The molecule has 1 N–H and O–H groups in total. The first kappa shape index (κ1) is 33.6. The number of benzene rings is 1. The molecule has 0 radical (unpaired) electrons. The number of allylic oxidation sites excluding steroid dienone is 1. The van der Waals surface area contributed by atoms with Gasteiger partial charge in [0.1, 0.15) is 11.9 Å². The lowest BCUT2D eigenvalue weighted by atomic mass is 9.86. The van der Waals surface area contributed by atoms with Gasteiger partial charge in [-0.3, -0.25) is 9.59 Å². The van der Waals surface area contributed by atoms with Gasteiger partial charge in [-0.15, -0.1) is 22.0 Å². The Kier molecular flexibility index (Phi) is 14.7. The van der Waals surface area contributed by atoms with Gasteiger partial charge in [-0.1, -0.05) is 51.1 Å². The van der Waals surface area contributed by atoms with Crippen LogP contribution in [-0.4, -0.2) is 47.7 Å². The Labute approximate surface area is 242 Å². The van der Waals surface area contributed by atoms with Crippen molar-refractivity contribution < 1.29 is 38.8 Å². The summed E-state index contributed by atoms with van der Waals surface area (Å²) in [6.07, 6.45) is 7.66. The van der Waals surface area contributed by atoms with E-state index in [1.165, 1.54) is 5.56 Å². The first-order valence-electron chi connectivity index (χ1n) is 14.4. The fourth-order valence-electron chi connectivity index (χ4n) is 5.04. The van der Waals surface area contributed by atoms with Crippen molar-refractivity contribution in [2.75, 3.05) is 13.4 Å². The normalized spacial score (nSPS) is 19.8. The molecule has 10 heteroatoms. The summed E-state index contributed by atoms with van der Waals surface area (Å²) in [7, 11) is 0. The molecule has 3 rings (SSSR count). The van der Waals surface area contributed by atoms with Crippen molar-refractivity contribution in [2.45, 2.75) is 97.2 Å². The molecule has 1 saturated carbocycles. The highest BCUT2D eigenvalue weighted by Crippen LogP contribution is 2.52. The van der Waals surface area contributed by atoms with Gasteiger partial charge < -0.3 is 24.2 Å². The van der Waals surface area contributed by atoms with Gasteiger partial charge in [0.05, 0.1) is 12.7 Å². The van der Waals surface area contributed by atoms with Crippen molar-refractivity contribution in [3.8, 4) is 17.6 Å². The van der Waals surface area contributed by atoms with E-state index < -0.39 is 29.9 Å². The van der Waals surface area contributed by atoms with Gasteiger partial charge in [0.15, 0.2) is 0 Å². The Morgan fingerprint density at radius 1 is 1.20 bits per heavy atom. The quantitative estimate of drug-likeness (QED) is 0.0565. The third kappa shape index (κ3) is 10.7. The van der Waals surface area contributed by atoms with E-state index in [1.54, 1.807) is 6.92 Å². The highest BCUT2D eigenvalue weighted by Gasteiger charge is 2.44. The van der Waals surface area contributed by atoms with Crippen LogP contribution in [0.4, 0.5) is 0 Å². The van der Waals surface area contributed by atoms with Gasteiger partial charge in [-0.25, -0.2) is 0 Å². The molecule has 0 spiro atoms. The van der Waals surface area contributed by atoms with E-state index in [2.05, 4.69) is 28.8 Å². The number of hydrogen-bond acceptors (Lipinski definition) is 9. The van der Waals surface area contributed by atoms with Crippen LogP contribution in [0, 0.1) is 33.8 Å². The van der Waals surface area contributed by atoms with Crippen molar-refractivity contribution in [2.24, 2.45) is 11.8 Å². The molecule has 0 amide bonds. The Morgan fingerprint density at radius 2 is 1.90 bits per heavy atom. The molecule has 1 aliphatic heterocycles. The van der Waals surface area contributed by atoms with Crippen LogP contribution in [0.1, 0.15) is 89.7 Å². The number of esters is 2. The maximum atomic E-state index is 12.0. The van der Waals surface area contributed by atoms with Gasteiger partial charge >= 0.3 is 11.9 Å². The van der Waals surface area contributed by atoms with Crippen LogP contribution in [-0.2, 0) is 30.3 Å². The van der Waals surface area contributed by atoms with Crippen molar-refractivity contribution in [1.29, 1.82) is 0 Å². The molecule has 1 fully saturated rings. The minimum Gasteiger partial charge on any atom is -0.489 e. The predicted molar refractivity (Wildman–Crippen MR) is 152 cm³/mol. The molecule has 5 atom stereocenters. The number of carbonyl (C=O) groups is 2. The monoisotopic (exact) mass is 573 g/mol. The lowest BCUT2D eigenvalue weighted by molar-refractivity contribution is -0.757. The van der Waals surface area contributed by atoms with Crippen LogP contribution in [0.5, 0.6) is 5.75 Å². The molecule has 41 heavy (non-hydrogen) atoms. The van der Waals surface area contributed by atoms with Gasteiger partial charge in [0, 0.05) is 30.7 Å². The van der Waals surface area contributed by atoms with Crippen LogP contribution in [0.25, 0.3) is 0 Å². The molecule has 10 nitrogen and oxygen atoms in total. The second-order valence-electron chi connectivity index (χ2n) is 9.91. The van der Waals surface area contributed by atoms with E-state index in [9.17, 15) is 24.8 Å². The number of nitrogens with zero attached hydrogens (tertiary/aromatic N) is 1. The zero-order valence-electron chi connectivity index (χ0n) is 24.5. The summed E-state index contributed by atoms with van der Waals surface area (Å²) in [5, 5.41) is 19.6. The number of ether oxygens (including phenoxy) is 3. The van der Waals surface area contributed by atoms with Gasteiger partial charge in [-0.2, -0.15) is 0 Å². The summed E-state index contributed by atoms with van der Waals surface area (Å²) < 4.78 is 16.1. The number of aryl methyl sites for hydroxylation is 1. The number of hydrogen-bond donors (Lipinski definition) is 1. The average Bonchev–Trinajstić information content (AvgIpc) is 3.54. The van der Waals surface area contributed by atoms with Crippen molar-refractivity contribution in [1.82, 2.24) is 0 Å². The van der Waals surface area contributed by atoms with Gasteiger partial charge in [-0.05, 0) is 56.4 Å². The number of aliphatic hydroxyl groups excluding tert-OH is 1. The van der Waals surface area contributed by atoms with Crippen LogP contribution in [0.3, 0.4) is 0 Å². The SMILES string of the molecule is CC.CC#CCC(C)C(O)/C=C/C1CCC2Oc3c(CCCC(=O)OCOC(=O)CCCO[N+](=O)[O-])cccc3C12. The van der Waals surface area contributed by atoms with Crippen molar-refractivity contribution in [3.63, 3.8) is 0 Å². The average molecular weight is 574 g/mol. The van der Waals surface area contributed by atoms with E-state index in [-0.39, 0.29) is 43.8 Å². The number of aliphatic hydroxyl groups is 1. The fourth-order valence-corrected chi connectivity index (χ4v) is 5.04. The largest absolute Gasteiger partial charge is 0.489 e. The molecule has 1 heterocycles. The number of para-hydroxylation sites is 1. The Morgan fingerprint density at radius 3 is 2.59 bits per heavy atom. The minimum atomic E-state index is -0.928. The summed E-state index contributed by atoms with van der Waals surface area (Å²) in [5.41, 5.74) is 2.23. The highest BCUT2D eigenvalue weighted by molar-refractivity contribution is 5.71. The van der Waals surface area contributed by atoms with Crippen LogP contribution in [0.2, 0.25) is 0 Å². The van der Waals surface area contributed by atoms with Crippen LogP contribution >= 0.6 is 0 Å². The third-order valence-electron chi connectivity index (χ3n) is 7.13. The Balaban J connectivity index is 0.00000287. The molecule has 1 aliphatic carbocycles.